The van der Waals surface area contributed by atoms with Gasteiger partial charge in [-0.25, -0.2) is 0 Å². The van der Waals surface area contributed by atoms with Crippen LogP contribution in [0, 0.1) is 0 Å². The summed E-state index contributed by atoms with van der Waals surface area (Å²) in [6.07, 6.45) is 0.926. The van der Waals surface area contributed by atoms with Crippen molar-refractivity contribution in [2.75, 3.05) is 4.90 Å². The molecule has 0 radical (unpaired) electrons. The number of hydrogen-bond acceptors (Lipinski definition) is 2. The summed E-state index contributed by atoms with van der Waals surface area (Å²) in [5.74, 6) is 0. The van der Waals surface area contributed by atoms with Crippen molar-refractivity contribution >= 4 is 12.0 Å². The molecule has 0 heterocycles. The normalized spacial score (nSPS) is 10.5. The van der Waals surface area contributed by atoms with Crippen molar-refractivity contribution in [3.63, 3.8) is 0 Å². The van der Waals surface area contributed by atoms with E-state index in [2.05, 4.69) is 30.9 Å². The van der Waals surface area contributed by atoms with Crippen LogP contribution >= 0.6 is 0 Å². The van der Waals surface area contributed by atoms with Crippen molar-refractivity contribution in [1.82, 2.24) is 0 Å². The van der Waals surface area contributed by atoms with Crippen molar-refractivity contribution in [3.05, 3.63) is 65.7 Å². The highest BCUT2D eigenvalue weighted by Crippen LogP contribution is 2.23. The highest BCUT2D eigenvalue weighted by molar-refractivity contribution is 5.84. The van der Waals surface area contributed by atoms with Gasteiger partial charge in [0, 0.05) is 23.8 Å². The second-order valence-corrected chi connectivity index (χ2v) is 4.88. The Morgan fingerprint density at radius 2 is 1.63 bits per heavy atom. The van der Waals surface area contributed by atoms with Gasteiger partial charge in [-0.15, -0.1) is 0 Å². The van der Waals surface area contributed by atoms with Crippen LogP contribution < -0.4 is 4.90 Å². The lowest BCUT2D eigenvalue weighted by Gasteiger charge is -2.30. The van der Waals surface area contributed by atoms with E-state index >= 15 is 0 Å². The summed E-state index contributed by atoms with van der Waals surface area (Å²) in [5.41, 5.74) is 2.99. The van der Waals surface area contributed by atoms with Crippen LogP contribution in [0.2, 0.25) is 0 Å². The number of nitrogens with zero attached hydrogens (tertiary/aromatic N) is 1. The average Bonchev–Trinajstić information content (AvgIpc) is 2.45. The van der Waals surface area contributed by atoms with Gasteiger partial charge >= 0.3 is 0 Å². The Kier molecular flexibility index (Phi) is 4.35. The summed E-state index contributed by atoms with van der Waals surface area (Å²) in [6, 6.07) is 18.4. The van der Waals surface area contributed by atoms with E-state index in [1.165, 1.54) is 5.56 Å². The first-order valence-electron chi connectivity index (χ1n) is 6.57. The molecule has 2 heteroatoms. The fraction of sp³-hybridized carbons (Fsp3) is 0.235. The Hall–Kier alpha value is -2.09. The first-order chi connectivity index (χ1) is 9.22. The molecule has 0 aliphatic carbocycles. The van der Waals surface area contributed by atoms with Crippen LogP contribution in [0.3, 0.4) is 0 Å². The molecule has 0 atom stereocenters. The molecule has 19 heavy (non-hydrogen) atoms. The van der Waals surface area contributed by atoms with Gasteiger partial charge in [0.1, 0.15) is 0 Å². The van der Waals surface area contributed by atoms with Crippen molar-refractivity contribution in [3.8, 4) is 0 Å². The third kappa shape index (κ3) is 3.22. The largest absolute Gasteiger partial charge is 0.364 e. The van der Waals surface area contributed by atoms with Crippen LogP contribution in [0.1, 0.15) is 29.8 Å². The minimum atomic E-state index is 0.335. The van der Waals surface area contributed by atoms with Crippen LogP contribution in [0.5, 0.6) is 0 Å². The number of para-hydroxylation sites is 1. The molecule has 0 aliphatic rings. The van der Waals surface area contributed by atoms with Gasteiger partial charge < -0.3 is 4.90 Å². The lowest BCUT2D eigenvalue weighted by molar-refractivity contribution is 0.112. The highest BCUT2D eigenvalue weighted by atomic mass is 16.1. The number of benzene rings is 2. The molecule has 0 fully saturated rings. The number of rotatable bonds is 5. The fourth-order valence-corrected chi connectivity index (χ4v) is 2.17. The van der Waals surface area contributed by atoms with E-state index in [1.807, 2.05) is 42.5 Å². The van der Waals surface area contributed by atoms with Crippen molar-refractivity contribution in [2.45, 2.75) is 26.4 Å². The summed E-state index contributed by atoms with van der Waals surface area (Å²) < 4.78 is 0. The third-order valence-electron chi connectivity index (χ3n) is 3.19. The zero-order valence-corrected chi connectivity index (χ0v) is 11.4. The van der Waals surface area contributed by atoms with Gasteiger partial charge in [-0.2, -0.15) is 0 Å². The molecular formula is C17H19NO. The average molecular weight is 253 g/mol. The van der Waals surface area contributed by atoms with Gasteiger partial charge in [0.05, 0.1) is 0 Å². The van der Waals surface area contributed by atoms with Gasteiger partial charge in [0.15, 0.2) is 6.29 Å². The summed E-state index contributed by atoms with van der Waals surface area (Å²) in [7, 11) is 0. The number of carbonyl (C=O) groups excluding carboxylic acids is 1. The SMILES string of the molecule is CC(C)N(Cc1ccccc1)c1ccccc1C=O. The van der Waals surface area contributed by atoms with Gasteiger partial charge in [0.25, 0.3) is 0 Å². The Bertz CT molecular complexity index is 534. The first kappa shape index (κ1) is 13.3. The highest BCUT2D eigenvalue weighted by Gasteiger charge is 2.14. The molecule has 0 amide bonds. The molecule has 2 rings (SSSR count). The predicted molar refractivity (Wildman–Crippen MR) is 79.6 cm³/mol. The molecule has 0 spiro atoms. The van der Waals surface area contributed by atoms with Crippen LogP contribution in [-0.4, -0.2) is 12.3 Å². The lowest BCUT2D eigenvalue weighted by Crippen LogP contribution is -2.30. The van der Waals surface area contributed by atoms with E-state index in [1.54, 1.807) is 0 Å². The minimum Gasteiger partial charge on any atom is -0.364 e. The maximum atomic E-state index is 11.2. The topological polar surface area (TPSA) is 20.3 Å². The maximum Gasteiger partial charge on any atom is 0.152 e. The zero-order valence-electron chi connectivity index (χ0n) is 11.4. The van der Waals surface area contributed by atoms with Gasteiger partial charge in [-0.1, -0.05) is 42.5 Å². The van der Waals surface area contributed by atoms with E-state index in [-0.39, 0.29) is 0 Å². The van der Waals surface area contributed by atoms with Crippen LogP contribution in [-0.2, 0) is 6.54 Å². The number of anilines is 1. The quantitative estimate of drug-likeness (QED) is 0.753. The fourth-order valence-electron chi connectivity index (χ4n) is 2.17. The van der Waals surface area contributed by atoms with E-state index < -0.39 is 0 Å². The van der Waals surface area contributed by atoms with Crippen LogP contribution in [0.25, 0.3) is 0 Å². The van der Waals surface area contributed by atoms with E-state index in [0.717, 1.165) is 24.1 Å². The molecule has 98 valence electrons. The molecule has 0 saturated heterocycles. The maximum absolute atomic E-state index is 11.2. The molecule has 0 N–H and O–H groups in total. The number of hydrogen-bond donors (Lipinski definition) is 0. The molecule has 0 aromatic heterocycles. The van der Waals surface area contributed by atoms with Crippen LogP contribution in [0.15, 0.2) is 54.6 Å². The summed E-state index contributed by atoms with van der Waals surface area (Å²) in [4.78, 5) is 13.4. The lowest BCUT2D eigenvalue weighted by atomic mass is 10.1. The molecular weight excluding hydrogens is 234 g/mol. The summed E-state index contributed by atoms with van der Waals surface area (Å²) in [5, 5.41) is 0. The molecule has 0 bridgehead atoms. The van der Waals surface area contributed by atoms with Gasteiger partial charge in [-0.3, -0.25) is 4.79 Å². The van der Waals surface area contributed by atoms with E-state index in [0.29, 0.717) is 6.04 Å². The third-order valence-corrected chi connectivity index (χ3v) is 3.19. The summed E-state index contributed by atoms with van der Waals surface area (Å²) in [6.45, 7) is 5.10. The Balaban J connectivity index is 2.33. The standard InChI is InChI=1S/C17H19NO/c1-14(2)18(12-15-8-4-3-5-9-15)17-11-7-6-10-16(17)13-19/h3-11,13-14H,12H2,1-2H3. The monoisotopic (exact) mass is 253 g/mol. The molecule has 2 nitrogen and oxygen atoms in total. The van der Waals surface area contributed by atoms with E-state index in [9.17, 15) is 4.79 Å². The molecule has 0 saturated carbocycles. The number of carbonyl (C=O) groups is 1. The van der Waals surface area contributed by atoms with Crippen molar-refractivity contribution in [2.24, 2.45) is 0 Å². The molecule has 0 aliphatic heterocycles. The van der Waals surface area contributed by atoms with E-state index in [4.69, 9.17) is 0 Å². The Morgan fingerprint density at radius 3 is 2.26 bits per heavy atom. The van der Waals surface area contributed by atoms with Crippen molar-refractivity contribution in [1.29, 1.82) is 0 Å². The van der Waals surface area contributed by atoms with Crippen molar-refractivity contribution < 1.29 is 4.79 Å². The molecule has 2 aromatic rings. The second-order valence-electron chi connectivity index (χ2n) is 4.88. The smallest absolute Gasteiger partial charge is 0.152 e. The van der Waals surface area contributed by atoms with Crippen LogP contribution in [0.4, 0.5) is 5.69 Å². The molecule has 0 unspecified atom stereocenters. The Labute approximate surface area is 114 Å². The predicted octanol–water partition coefficient (Wildman–Crippen LogP) is 3.91. The first-order valence-corrected chi connectivity index (χ1v) is 6.57. The Morgan fingerprint density at radius 1 is 1.00 bits per heavy atom. The van der Waals surface area contributed by atoms with Gasteiger partial charge in [0.2, 0.25) is 0 Å². The minimum absolute atomic E-state index is 0.335. The van der Waals surface area contributed by atoms with Gasteiger partial charge in [-0.05, 0) is 31.5 Å². The summed E-state index contributed by atoms with van der Waals surface area (Å²) >= 11 is 0. The number of aldehydes is 1. The second kappa shape index (κ2) is 6.19. The molecule has 2 aromatic carbocycles. The zero-order chi connectivity index (χ0) is 13.7.